The number of para-hydroxylation sites is 1. The second kappa shape index (κ2) is 4.73. The highest BCUT2D eigenvalue weighted by Crippen LogP contribution is 2.38. The van der Waals surface area contributed by atoms with Crippen molar-refractivity contribution in [2.75, 3.05) is 0 Å². The van der Waals surface area contributed by atoms with Crippen LogP contribution in [-0.4, -0.2) is 27.0 Å². The monoisotopic (exact) mass is 312 g/mol. The van der Waals surface area contributed by atoms with Gasteiger partial charge in [0.1, 0.15) is 5.71 Å². The number of fused-ring (bicyclic) bond motifs is 1. The highest BCUT2D eigenvalue weighted by molar-refractivity contribution is 7.80. The zero-order chi connectivity index (χ0) is 15.2. The molecule has 1 aliphatic heterocycles. The molecule has 1 aromatic heterocycles. The third kappa shape index (κ3) is 2.35. The highest BCUT2D eigenvalue weighted by atomic mass is 32.1. The third-order valence-electron chi connectivity index (χ3n) is 3.44. The predicted molar refractivity (Wildman–Crippen MR) is 77.8 cm³/mol. The minimum Gasteiger partial charge on any atom is -0.375 e. The number of hydrogen-bond acceptors (Lipinski definition) is 2. The average Bonchev–Trinajstić information content (AvgIpc) is 3.01. The quantitative estimate of drug-likeness (QED) is 0.796. The molecular formula is C13H11F3N4S. The van der Waals surface area contributed by atoms with Gasteiger partial charge in [0.25, 0.3) is 0 Å². The lowest BCUT2D eigenvalue weighted by molar-refractivity contribution is -0.0601. The zero-order valence-corrected chi connectivity index (χ0v) is 11.5. The van der Waals surface area contributed by atoms with Crippen molar-refractivity contribution in [2.45, 2.75) is 18.6 Å². The Labute approximate surface area is 123 Å². The maximum absolute atomic E-state index is 12.9. The summed E-state index contributed by atoms with van der Waals surface area (Å²) in [5, 5.41) is 5.27. The molecule has 1 aromatic carbocycles. The van der Waals surface area contributed by atoms with Gasteiger partial charge in [0.05, 0.1) is 6.04 Å². The summed E-state index contributed by atoms with van der Waals surface area (Å²) < 4.78 is 38.6. The molecule has 3 rings (SSSR count). The van der Waals surface area contributed by atoms with Crippen molar-refractivity contribution >= 4 is 33.9 Å². The number of aromatic nitrogens is 1. The Balaban J connectivity index is 2.04. The van der Waals surface area contributed by atoms with Crippen molar-refractivity contribution in [1.82, 2.24) is 9.99 Å². The molecule has 21 heavy (non-hydrogen) atoms. The van der Waals surface area contributed by atoms with Crippen molar-refractivity contribution in [3.63, 3.8) is 0 Å². The number of benzene rings is 1. The van der Waals surface area contributed by atoms with Gasteiger partial charge in [-0.3, -0.25) is 0 Å². The molecule has 1 aliphatic rings. The van der Waals surface area contributed by atoms with E-state index >= 15 is 0 Å². The zero-order valence-electron chi connectivity index (χ0n) is 10.7. The first-order valence-electron chi connectivity index (χ1n) is 6.17. The smallest absolute Gasteiger partial charge is 0.375 e. The second-order valence-electron chi connectivity index (χ2n) is 4.74. The summed E-state index contributed by atoms with van der Waals surface area (Å²) in [6.07, 6.45) is -3.08. The van der Waals surface area contributed by atoms with Crippen LogP contribution in [-0.2, 0) is 0 Å². The number of hydrogen-bond donors (Lipinski definition) is 2. The summed E-state index contributed by atoms with van der Waals surface area (Å²) in [4.78, 5) is 3.04. The van der Waals surface area contributed by atoms with Crippen LogP contribution in [0.15, 0.2) is 35.6 Å². The van der Waals surface area contributed by atoms with Crippen molar-refractivity contribution in [2.24, 2.45) is 10.8 Å². The lowest BCUT2D eigenvalue weighted by atomic mass is 10.0. The van der Waals surface area contributed by atoms with E-state index in [0.717, 1.165) is 15.9 Å². The van der Waals surface area contributed by atoms with Crippen molar-refractivity contribution < 1.29 is 13.2 Å². The van der Waals surface area contributed by atoms with Crippen molar-refractivity contribution in [3.05, 3.63) is 36.0 Å². The van der Waals surface area contributed by atoms with Crippen LogP contribution in [0, 0.1) is 0 Å². The van der Waals surface area contributed by atoms with Crippen LogP contribution in [0.4, 0.5) is 13.2 Å². The van der Waals surface area contributed by atoms with E-state index in [1.807, 2.05) is 24.3 Å². The lowest BCUT2D eigenvalue weighted by Gasteiger charge is -2.21. The number of H-pyrrole nitrogens is 1. The molecule has 0 fully saturated rings. The number of halogens is 3. The van der Waals surface area contributed by atoms with E-state index in [2.05, 4.69) is 10.1 Å². The Bertz CT molecular complexity index is 734. The molecule has 0 bridgehead atoms. The third-order valence-corrected chi connectivity index (χ3v) is 3.63. The molecule has 2 heterocycles. The fourth-order valence-corrected chi connectivity index (χ4v) is 2.66. The van der Waals surface area contributed by atoms with Crippen LogP contribution in [0.5, 0.6) is 0 Å². The van der Waals surface area contributed by atoms with Gasteiger partial charge < -0.3 is 10.7 Å². The second-order valence-corrected chi connectivity index (χ2v) is 5.16. The van der Waals surface area contributed by atoms with E-state index < -0.39 is 17.9 Å². The summed E-state index contributed by atoms with van der Waals surface area (Å²) in [5.74, 6) is 0. The number of hydrazone groups is 1. The number of nitrogens with two attached hydrogens (primary N) is 1. The normalized spacial score (nSPS) is 19.1. The molecule has 4 nitrogen and oxygen atoms in total. The summed E-state index contributed by atoms with van der Waals surface area (Å²) in [5.41, 5.74) is 6.19. The highest BCUT2D eigenvalue weighted by Gasteiger charge is 2.44. The Hall–Kier alpha value is -2.09. The van der Waals surface area contributed by atoms with Gasteiger partial charge >= 0.3 is 6.18 Å². The Morgan fingerprint density at radius 2 is 2.10 bits per heavy atom. The van der Waals surface area contributed by atoms with Crippen LogP contribution < -0.4 is 5.73 Å². The van der Waals surface area contributed by atoms with Gasteiger partial charge in [-0.05, 0) is 18.3 Å². The molecule has 0 radical (unpaired) electrons. The molecule has 3 N–H and O–H groups in total. The molecule has 0 saturated carbocycles. The SMILES string of the molecule is NC(=S)N1N=C(C(F)(F)F)CC1c1c[nH]c2ccccc12. The summed E-state index contributed by atoms with van der Waals surface area (Å²) in [6.45, 7) is 0. The van der Waals surface area contributed by atoms with Crippen molar-refractivity contribution in [3.8, 4) is 0 Å². The van der Waals surface area contributed by atoms with Gasteiger partial charge in [0.2, 0.25) is 0 Å². The molecule has 1 unspecified atom stereocenters. The minimum atomic E-state index is -4.48. The summed E-state index contributed by atoms with van der Waals surface area (Å²) >= 11 is 4.82. The number of alkyl halides is 3. The molecule has 1 atom stereocenters. The van der Waals surface area contributed by atoms with E-state index in [1.54, 1.807) is 6.20 Å². The summed E-state index contributed by atoms with van der Waals surface area (Å²) in [6, 6.07) is 6.72. The molecule has 2 aromatic rings. The average molecular weight is 312 g/mol. The van der Waals surface area contributed by atoms with Gasteiger partial charge in [-0.25, -0.2) is 5.01 Å². The Kier molecular flexibility index (Phi) is 3.12. The molecule has 0 saturated heterocycles. The molecule has 8 heteroatoms. The van der Waals surface area contributed by atoms with Crippen LogP contribution >= 0.6 is 12.2 Å². The van der Waals surface area contributed by atoms with Gasteiger partial charge in [0.15, 0.2) is 5.11 Å². The van der Waals surface area contributed by atoms with Gasteiger partial charge in [-0.2, -0.15) is 18.3 Å². The first-order valence-corrected chi connectivity index (χ1v) is 6.58. The van der Waals surface area contributed by atoms with E-state index in [9.17, 15) is 13.2 Å². The van der Waals surface area contributed by atoms with E-state index in [4.69, 9.17) is 18.0 Å². The first-order chi connectivity index (χ1) is 9.88. The van der Waals surface area contributed by atoms with E-state index in [0.29, 0.717) is 5.56 Å². The van der Waals surface area contributed by atoms with Crippen LogP contribution in [0.3, 0.4) is 0 Å². The standard InChI is InChI=1S/C13H11F3N4S/c14-13(15,16)11-5-10(20(19-11)12(17)21)8-6-18-9-4-2-1-3-7(8)9/h1-4,6,10,18H,5H2,(H2,17,21). The topological polar surface area (TPSA) is 57.4 Å². The Morgan fingerprint density at radius 3 is 2.76 bits per heavy atom. The molecule has 0 amide bonds. The maximum Gasteiger partial charge on any atom is 0.431 e. The molecule has 0 aliphatic carbocycles. The first kappa shape index (κ1) is 13.9. The minimum absolute atomic E-state index is 0.176. The van der Waals surface area contributed by atoms with E-state index in [-0.39, 0.29) is 11.5 Å². The number of rotatable bonds is 1. The maximum atomic E-state index is 12.9. The van der Waals surface area contributed by atoms with Gasteiger partial charge in [-0.15, -0.1) is 0 Å². The number of nitrogens with zero attached hydrogens (tertiary/aromatic N) is 2. The predicted octanol–water partition coefficient (Wildman–Crippen LogP) is 3.08. The fraction of sp³-hybridized carbons (Fsp3) is 0.231. The molecular weight excluding hydrogens is 301 g/mol. The van der Waals surface area contributed by atoms with E-state index in [1.165, 1.54) is 0 Å². The molecule has 110 valence electrons. The molecule has 0 spiro atoms. The van der Waals surface area contributed by atoms with Crippen LogP contribution in [0.25, 0.3) is 10.9 Å². The van der Waals surface area contributed by atoms with Crippen LogP contribution in [0.2, 0.25) is 0 Å². The number of thiocarbonyl (C=S) groups is 1. The largest absolute Gasteiger partial charge is 0.431 e. The fourth-order valence-electron chi connectivity index (χ4n) is 2.50. The number of aromatic amines is 1. The van der Waals surface area contributed by atoms with Crippen molar-refractivity contribution in [1.29, 1.82) is 0 Å². The van der Waals surface area contributed by atoms with Gasteiger partial charge in [0, 0.05) is 29.1 Å². The lowest BCUT2D eigenvalue weighted by Crippen LogP contribution is -2.31. The Morgan fingerprint density at radius 1 is 1.38 bits per heavy atom. The summed E-state index contributed by atoms with van der Waals surface area (Å²) in [7, 11) is 0. The van der Waals surface area contributed by atoms with Gasteiger partial charge in [-0.1, -0.05) is 18.2 Å². The number of nitrogens with one attached hydrogen (secondary N) is 1. The van der Waals surface area contributed by atoms with Crippen LogP contribution in [0.1, 0.15) is 18.0 Å².